The summed E-state index contributed by atoms with van der Waals surface area (Å²) in [5.41, 5.74) is 0.529. The largest absolute Gasteiger partial charge is 0.319 e. The maximum absolute atomic E-state index is 13.9. The number of benzene rings is 2. The number of nitrogens with zero attached hydrogens (tertiary/aromatic N) is 1. The first-order chi connectivity index (χ1) is 11.6. The van der Waals surface area contributed by atoms with Crippen LogP contribution in [0.5, 0.6) is 0 Å². The molecule has 1 amide bonds. The molecule has 0 spiro atoms. The van der Waals surface area contributed by atoms with Gasteiger partial charge in [0.2, 0.25) is 0 Å². The van der Waals surface area contributed by atoms with Crippen LogP contribution in [0, 0.1) is 5.82 Å². The van der Waals surface area contributed by atoms with Gasteiger partial charge in [0.05, 0.1) is 10.7 Å². The molecule has 1 N–H and O–H groups in total. The second-order valence-electron chi connectivity index (χ2n) is 5.13. The molecular weight excluding hydrogens is 331 g/mol. The summed E-state index contributed by atoms with van der Waals surface area (Å²) in [7, 11) is 0. The Bertz CT molecular complexity index is 938. The molecule has 3 aromatic rings. The van der Waals surface area contributed by atoms with Crippen LogP contribution in [0.25, 0.3) is 10.8 Å². The molecule has 0 atom stereocenters. The minimum atomic E-state index is -0.604. The average molecular weight is 343 g/mol. The van der Waals surface area contributed by atoms with Gasteiger partial charge in [0.15, 0.2) is 0 Å². The Morgan fingerprint density at radius 3 is 2.83 bits per heavy atom. The number of amides is 1. The zero-order valence-electron chi connectivity index (χ0n) is 12.4. The fourth-order valence-electron chi connectivity index (χ4n) is 2.41. The van der Waals surface area contributed by atoms with E-state index in [2.05, 4.69) is 10.3 Å². The van der Waals surface area contributed by atoms with E-state index in [1.807, 2.05) is 18.2 Å². The molecule has 0 aliphatic carbocycles. The summed E-state index contributed by atoms with van der Waals surface area (Å²) in [5, 5.41) is 4.28. The molecule has 1 aromatic heterocycles. The molecule has 120 valence electrons. The summed E-state index contributed by atoms with van der Waals surface area (Å²) >= 11 is 6.07. The Labute approximate surface area is 142 Å². The van der Waals surface area contributed by atoms with Gasteiger partial charge in [0.1, 0.15) is 17.8 Å². The van der Waals surface area contributed by atoms with Crippen LogP contribution in [-0.2, 0) is 11.2 Å². The topological polar surface area (TPSA) is 59.1 Å². The lowest BCUT2D eigenvalue weighted by atomic mass is 10.1. The van der Waals surface area contributed by atoms with Gasteiger partial charge in [-0.05, 0) is 29.1 Å². The van der Waals surface area contributed by atoms with Gasteiger partial charge in [-0.15, -0.1) is 0 Å². The third-order valence-corrected chi connectivity index (χ3v) is 3.89. The van der Waals surface area contributed by atoms with Crippen molar-refractivity contribution in [2.45, 2.75) is 6.42 Å². The Morgan fingerprint density at radius 1 is 1.25 bits per heavy atom. The number of carbonyl (C=O) groups is 2. The molecule has 0 radical (unpaired) electrons. The van der Waals surface area contributed by atoms with Crippen molar-refractivity contribution in [3.63, 3.8) is 0 Å². The molecule has 0 bridgehead atoms. The second kappa shape index (κ2) is 6.76. The molecule has 0 saturated heterocycles. The first-order valence-corrected chi connectivity index (χ1v) is 7.54. The predicted molar refractivity (Wildman–Crippen MR) is 90.9 cm³/mol. The number of anilines is 1. The molecule has 3 rings (SSSR count). The third kappa shape index (κ3) is 3.12. The fraction of sp³-hybridized carbons (Fsp3) is 0.0556. The number of aromatic nitrogens is 1. The van der Waals surface area contributed by atoms with Crippen molar-refractivity contribution in [3.05, 3.63) is 70.8 Å². The van der Waals surface area contributed by atoms with E-state index in [9.17, 15) is 14.0 Å². The molecule has 0 fully saturated rings. The van der Waals surface area contributed by atoms with E-state index in [0.29, 0.717) is 11.7 Å². The highest BCUT2D eigenvalue weighted by Crippen LogP contribution is 2.27. The molecule has 24 heavy (non-hydrogen) atoms. The number of hydrogen-bond donors (Lipinski definition) is 1. The fourth-order valence-corrected chi connectivity index (χ4v) is 2.65. The highest BCUT2D eigenvalue weighted by molar-refractivity contribution is 6.34. The van der Waals surface area contributed by atoms with Crippen molar-refractivity contribution in [1.82, 2.24) is 4.98 Å². The third-order valence-electron chi connectivity index (χ3n) is 3.58. The Kier molecular flexibility index (Phi) is 4.53. The molecule has 0 aliphatic rings. The molecule has 0 unspecified atom stereocenters. The summed E-state index contributed by atoms with van der Waals surface area (Å²) in [5.74, 6) is -1.09. The first kappa shape index (κ1) is 16.1. The highest BCUT2D eigenvalue weighted by Gasteiger charge is 2.15. The maximum Gasteiger partial charge on any atom is 0.274 e. The van der Waals surface area contributed by atoms with Crippen LogP contribution < -0.4 is 5.32 Å². The van der Waals surface area contributed by atoms with E-state index in [4.69, 9.17) is 11.6 Å². The van der Waals surface area contributed by atoms with Crippen molar-refractivity contribution in [2.24, 2.45) is 0 Å². The van der Waals surface area contributed by atoms with E-state index in [-0.39, 0.29) is 28.4 Å². The van der Waals surface area contributed by atoms with Gasteiger partial charge in [-0.3, -0.25) is 9.78 Å². The zero-order valence-corrected chi connectivity index (χ0v) is 13.2. The second-order valence-corrected chi connectivity index (χ2v) is 5.54. The summed E-state index contributed by atoms with van der Waals surface area (Å²) in [6, 6.07) is 11.6. The number of nitrogens with one attached hydrogen (secondary N) is 1. The summed E-state index contributed by atoms with van der Waals surface area (Å²) < 4.78 is 13.9. The average Bonchev–Trinajstić information content (AvgIpc) is 2.59. The van der Waals surface area contributed by atoms with E-state index >= 15 is 0 Å². The summed E-state index contributed by atoms with van der Waals surface area (Å²) in [4.78, 5) is 27.1. The number of carbonyl (C=O) groups excluding carboxylic acids is 2. The SMILES string of the molecule is O=CCc1cc(Cl)c(NC(=O)c2nccc3ccccc23)cc1F. The lowest BCUT2D eigenvalue weighted by Crippen LogP contribution is -2.15. The van der Waals surface area contributed by atoms with E-state index in [1.165, 1.54) is 12.3 Å². The van der Waals surface area contributed by atoms with Crippen LogP contribution >= 0.6 is 11.6 Å². The van der Waals surface area contributed by atoms with Gasteiger partial charge in [0.25, 0.3) is 5.91 Å². The first-order valence-electron chi connectivity index (χ1n) is 7.17. The van der Waals surface area contributed by atoms with Gasteiger partial charge in [0, 0.05) is 18.0 Å². The maximum atomic E-state index is 13.9. The number of halogens is 2. The van der Waals surface area contributed by atoms with Crippen LogP contribution in [0.4, 0.5) is 10.1 Å². The van der Waals surface area contributed by atoms with Crippen LogP contribution in [0.2, 0.25) is 5.02 Å². The quantitative estimate of drug-likeness (QED) is 0.728. The van der Waals surface area contributed by atoms with Crippen molar-refractivity contribution in [2.75, 3.05) is 5.32 Å². The number of fused-ring (bicyclic) bond motifs is 1. The van der Waals surface area contributed by atoms with E-state index < -0.39 is 11.7 Å². The number of hydrogen-bond acceptors (Lipinski definition) is 3. The molecule has 6 heteroatoms. The summed E-state index contributed by atoms with van der Waals surface area (Å²) in [6.07, 6.45) is 2.05. The van der Waals surface area contributed by atoms with Gasteiger partial charge in [-0.2, -0.15) is 0 Å². The Morgan fingerprint density at radius 2 is 2.04 bits per heavy atom. The minimum absolute atomic E-state index is 0.0787. The number of aldehydes is 1. The van der Waals surface area contributed by atoms with Gasteiger partial charge in [-0.1, -0.05) is 35.9 Å². The minimum Gasteiger partial charge on any atom is -0.319 e. The lowest BCUT2D eigenvalue weighted by molar-refractivity contribution is -0.107. The molecular formula is C18H12ClFN2O2. The van der Waals surface area contributed by atoms with Crippen LogP contribution in [-0.4, -0.2) is 17.2 Å². The molecule has 0 aliphatic heterocycles. The molecule has 2 aromatic carbocycles. The standard InChI is InChI=1S/C18H12ClFN2O2/c19-14-9-12(6-8-23)15(20)10-16(14)22-18(24)17-13-4-2-1-3-11(13)5-7-21-17/h1-5,7-10H,6H2,(H,22,24). The van der Waals surface area contributed by atoms with Crippen molar-refractivity contribution in [1.29, 1.82) is 0 Å². The van der Waals surface area contributed by atoms with Crippen molar-refractivity contribution >= 4 is 40.3 Å². The number of rotatable bonds is 4. The van der Waals surface area contributed by atoms with Crippen molar-refractivity contribution in [3.8, 4) is 0 Å². The van der Waals surface area contributed by atoms with Crippen molar-refractivity contribution < 1.29 is 14.0 Å². The van der Waals surface area contributed by atoms with Crippen LogP contribution in [0.1, 0.15) is 16.1 Å². The molecule has 1 heterocycles. The van der Waals surface area contributed by atoms with Crippen LogP contribution in [0.15, 0.2) is 48.7 Å². The van der Waals surface area contributed by atoms with Gasteiger partial charge in [-0.25, -0.2) is 4.39 Å². The molecule has 0 saturated carbocycles. The normalized spacial score (nSPS) is 10.6. The molecule has 4 nitrogen and oxygen atoms in total. The summed E-state index contributed by atoms with van der Waals surface area (Å²) in [6.45, 7) is 0. The number of pyridine rings is 1. The van der Waals surface area contributed by atoms with Gasteiger partial charge >= 0.3 is 0 Å². The van der Waals surface area contributed by atoms with E-state index in [0.717, 1.165) is 11.5 Å². The predicted octanol–water partition coefficient (Wildman–Crippen LogP) is 4.02. The smallest absolute Gasteiger partial charge is 0.274 e. The van der Waals surface area contributed by atoms with E-state index in [1.54, 1.807) is 12.1 Å². The van der Waals surface area contributed by atoms with Crippen LogP contribution in [0.3, 0.4) is 0 Å². The monoisotopic (exact) mass is 342 g/mol. The lowest BCUT2D eigenvalue weighted by Gasteiger charge is -2.10. The Balaban J connectivity index is 1.95. The zero-order chi connectivity index (χ0) is 17.1. The highest BCUT2D eigenvalue weighted by atomic mass is 35.5. The Hall–Kier alpha value is -2.79. The van der Waals surface area contributed by atoms with Gasteiger partial charge < -0.3 is 10.1 Å².